The lowest BCUT2D eigenvalue weighted by molar-refractivity contribution is -0.459. The van der Waals surface area contributed by atoms with Crippen molar-refractivity contribution in [3.63, 3.8) is 0 Å². The highest BCUT2D eigenvalue weighted by molar-refractivity contribution is 5.92. The molecule has 0 saturated carbocycles. The van der Waals surface area contributed by atoms with Crippen molar-refractivity contribution < 1.29 is 36.6 Å². The number of halogens is 1. The van der Waals surface area contributed by atoms with Crippen LogP contribution in [0.1, 0.15) is 45.6 Å². The summed E-state index contributed by atoms with van der Waals surface area (Å²) in [6.45, 7) is 5.66. The second-order valence-corrected chi connectivity index (χ2v) is 8.41. The SMILES string of the molecule is CC(=O)N[C@@H](Cc1ccccc1)C(=O)N[C@@H](CC(C)C)C(=O)N[C@@H](CCC[NH+]=C(N)N)[13CH]=O.[Cl-]. The molecule has 0 heterocycles. The molecular weight excluding hydrogens is 461 g/mol. The van der Waals surface area contributed by atoms with E-state index in [4.69, 9.17) is 11.5 Å². The molecule has 0 bridgehead atoms. The topological polar surface area (TPSA) is 170 Å². The van der Waals surface area contributed by atoms with Gasteiger partial charge < -0.3 is 33.2 Å². The van der Waals surface area contributed by atoms with Gasteiger partial charge >= 0.3 is 5.96 Å². The zero-order valence-corrected chi connectivity index (χ0v) is 20.7. The fourth-order valence-corrected chi connectivity index (χ4v) is 3.29. The summed E-state index contributed by atoms with van der Waals surface area (Å²) in [6, 6.07) is 6.89. The number of hydrogen-bond donors (Lipinski definition) is 6. The molecule has 0 aliphatic carbocycles. The first-order valence-electron chi connectivity index (χ1n) is 11.1. The average molecular weight is 498 g/mol. The zero-order valence-electron chi connectivity index (χ0n) is 20.0. The van der Waals surface area contributed by atoms with Gasteiger partial charge in [-0.25, -0.2) is 0 Å². The lowest BCUT2D eigenvalue weighted by Gasteiger charge is -2.25. The number of carbonyl (C=O) groups excluding carboxylic acids is 4. The third-order valence-electron chi connectivity index (χ3n) is 4.83. The molecule has 1 aromatic carbocycles. The van der Waals surface area contributed by atoms with E-state index in [2.05, 4.69) is 20.9 Å². The molecule has 0 aromatic heterocycles. The van der Waals surface area contributed by atoms with Crippen molar-refractivity contribution in [1.82, 2.24) is 16.0 Å². The summed E-state index contributed by atoms with van der Waals surface area (Å²) in [5, 5.41) is 8.10. The van der Waals surface area contributed by atoms with Crippen LogP contribution in [0.4, 0.5) is 0 Å². The van der Waals surface area contributed by atoms with E-state index in [0.717, 1.165) is 5.56 Å². The Bertz CT molecular complexity index is 815. The minimum atomic E-state index is -0.849. The monoisotopic (exact) mass is 497 g/mol. The molecule has 3 atom stereocenters. The van der Waals surface area contributed by atoms with Gasteiger partial charge in [-0.2, -0.15) is 0 Å². The number of benzene rings is 1. The predicted molar refractivity (Wildman–Crippen MR) is 126 cm³/mol. The van der Waals surface area contributed by atoms with E-state index in [-0.39, 0.29) is 36.6 Å². The summed E-state index contributed by atoms with van der Waals surface area (Å²) < 4.78 is 0. The number of hydrogen-bond acceptors (Lipinski definition) is 4. The largest absolute Gasteiger partial charge is 1.00 e. The zero-order chi connectivity index (χ0) is 24.8. The Morgan fingerprint density at radius 2 is 1.62 bits per heavy atom. The van der Waals surface area contributed by atoms with E-state index in [1.807, 2.05) is 44.2 Å². The van der Waals surface area contributed by atoms with Crippen LogP contribution < -0.4 is 44.8 Å². The van der Waals surface area contributed by atoms with Gasteiger partial charge in [-0.1, -0.05) is 44.2 Å². The van der Waals surface area contributed by atoms with Crippen molar-refractivity contribution in [2.75, 3.05) is 6.54 Å². The number of carbonyl (C=O) groups is 4. The van der Waals surface area contributed by atoms with Crippen molar-refractivity contribution in [2.45, 2.75) is 64.6 Å². The first kappa shape index (κ1) is 30.9. The molecule has 0 fully saturated rings. The maximum absolute atomic E-state index is 13.0. The molecule has 1 rings (SSSR count). The molecule has 0 spiro atoms. The summed E-state index contributed by atoms with van der Waals surface area (Å²) in [5.41, 5.74) is 11.5. The summed E-state index contributed by atoms with van der Waals surface area (Å²) in [6.07, 6.45) is 2.27. The maximum Gasteiger partial charge on any atom is 0.338 e. The number of rotatable bonds is 14. The van der Waals surface area contributed by atoms with Crippen molar-refractivity contribution in [3.05, 3.63) is 35.9 Å². The normalized spacial score (nSPS) is 12.9. The number of nitrogens with one attached hydrogen (secondary N) is 4. The highest BCUT2D eigenvalue weighted by Crippen LogP contribution is 2.08. The summed E-state index contributed by atoms with van der Waals surface area (Å²) >= 11 is 0. The number of aldehydes is 1. The molecular formula is C23H37ClN6O4. The van der Waals surface area contributed by atoms with Crippen LogP contribution in [-0.4, -0.2) is 54.6 Å². The second-order valence-electron chi connectivity index (χ2n) is 8.41. The van der Waals surface area contributed by atoms with Gasteiger partial charge in [0.2, 0.25) is 17.7 Å². The van der Waals surface area contributed by atoms with Crippen molar-refractivity contribution in [1.29, 1.82) is 0 Å². The number of guanidine groups is 1. The molecule has 0 saturated heterocycles. The Kier molecular flexibility index (Phi) is 14.9. The van der Waals surface area contributed by atoms with Gasteiger partial charge in [-0.05, 0) is 30.7 Å². The predicted octanol–water partition coefficient (Wildman–Crippen LogP) is -4.91. The van der Waals surface area contributed by atoms with Crippen LogP contribution in [0.15, 0.2) is 30.3 Å². The molecule has 0 aliphatic heterocycles. The van der Waals surface area contributed by atoms with Crippen LogP contribution in [-0.2, 0) is 25.6 Å². The molecule has 34 heavy (non-hydrogen) atoms. The highest BCUT2D eigenvalue weighted by Gasteiger charge is 2.28. The minimum Gasteiger partial charge on any atom is -1.00 e. The highest BCUT2D eigenvalue weighted by atomic mass is 35.5. The van der Waals surface area contributed by atoms with E-state index in [0.29, 0.717) is 32.1 Å². The van der Waals surface area contributed by atoms with Gasteiger partial charge in [0.05, 0.1) is 12.6 Å². The Labute approximate surface area is 207 Å². The van der Waals surface area contributed by atoms with E-state index in [1.54, 1.807) is 0 Å². The molecule has 3 amide bonds. The van der Waals surface area contributed by atoms with Gasteiger partial charge in [0.15, 0.2) is 0 Å². The lowest BCUT2D eigenvalue weighted by atomic mass is 10.0. The van der Waals surface area contributed by atoms with Crippen LogP contribution in [0.25, 0.3) is 0 Å². The molecule has 190 valence electrons. The van der Waals surface area contributed by atoms with Gasteiger partial charge in [0.1, 0.15) is 18.4 Å². The van der Waals surface area contributed by atoms with E-state index in [1.165, 1.54) is 6.92 Å². The standard InChI is InChI=1S/C23H36N6O4.ClH/c1-15(2)12-19(21(32)28-18(14-30)10-7-11-26-23(24)25)29-22(33)20(27-16(3)31)13-17-8-5-4-6-9-17;/h4-6,8-9,14-15,18-20H,7,10-13H2,1-3H3,(H,27,31)(H,28,32)(H,29,33)(H4,24,25,26);1H/t18-,19-,20-;/m0./s1/i14+1;. The quantitative estimate of drug-likeness (QED) is 0.0494. The van der Waals surface area contributed by atoms with Crippen LogP contribution in [0, 0.1) is 5.92 Å². The van der Waals surface area contributed by atoms with E-state index in [9.17, 15) is 19.2 Å². The summed E-state index contributed by atoms with van der Waals surface area (Å²) in [7, 11) is 0. The van der Waals surface area contributed by atoms with Gasteiger partial charge in [0, 0.05) is 13.3 Å². The number of nitrogens with two attached hydrogens (primary N) is 2. The van der Waals surface area contributed by atoms with Crippen LogP contribution in [0.2, 0.25) is 0 Å². The number of amides is 3. The molecule has 0 aliphatic rings. The lowest BCUT2D eigenvalue weighted by Crippen LogP contribution is -3.00. The van der Waals surface area contributed by atoms with Gasteiger partial charge in [-0.15, -0.1) is 0 Å². The fourth-order valence-electron chi connectivity index (χ4n) is 3.29. The van der Waals surface area contributed by atoms with Crippen molar-refractivity contribution in [2.24, 2.45) is 17.4 Å². The van der Waals surface area contributed by atoms with Gasteiger partial charge in [-0.3, -0.25) is 30.8 Å². The smallest absolute Gasteiger partial charge is 0.338 e. The Balaban J connectivity index is 0.0000109. The van der Waals surface area contributed by atoms with Crippen molar-refractivity contribution in [3.8, 4) is 0 Å². The second kappa shape index (κ2) is 16.5. The summed E-state index contributed by atoms with van der Waals surface area (Å²) in [4.78, 5) is 51.8. The first-order valence-corrected chi connectivity index (χ1v) is 11.1. The molecule has 11 heteroatoms. The molecule has 0 unspecified atom stereocenters. The van der Waals surface area contributed by atoms with Crippen LogP contribution in [0.5, 0.6) is 0 Å². The third kappa shape index (κ3) is 12.8. The fraction of sp³-hybridized carbons (Fsp3) is 0.522. The molecule has 1 aromatic rings. The Hall–Kier alpha value is -3.14. The van der Waals surface area contributed by atoms with Crippen LogP contribution in [0.3, 0.4) is 0 Å². The third-order valence-corrected chi connectivity index (χ3v) is 4.83. The first-order chi connectivity index (χ1) is 15.6. The van der Waals surface area contributed by atoms with E-state index >= 15 is 0 Å². The van der Waals surface area contributed by atoms with Crippen molar-refractivity contribution >= 4 is 30.0 Å². The van der Waals surface area contributed by atoms with Gasteiger partial charge in [0.25, 0.3) is 0 Å². The maximum atomic E-state index is 13.0. The Morgan fingerprint density at radius 1 is 1.00 bits per heavy atom. The van der Waals surface area contributed by atoms with Crippen LogP contribution >= 0.6 is 0 Å². The molecule has 10 nitrogen and oxygen atoms in total. The van der Waals surface area contributed by atoms with E-state index < -0.39 is 29.9 Å². The average Bonchev–Trinajstić information content (AvgIpc) is 2.74. The minimum absolute atomic E-state index is 0. The molecule has 8 N–H and O–H groups in total. The molecule has 0 radical (unpaired) electrons. The summed E-state index contributed by atoms with van der Waals surface area (Å²) in [5.74, 6) is -1.06. The Morgan fingerprint density at radius 3 is 2.15 bits per heavy atom.